The Kier molecular flexibility index (Phi) is 6.08. The summed E-state index contributed by atoms with van der Waals surface area (Å²) in [5.74, 6) is -0.190. The molecule has 0 aliphatic rings. The first-order valence-corrected chi connectivity index (χ1v) is 7.43. The van der Waals surface area contributed by atoms with Crippen molar-refractivity contribution < 1.29 is 27.1 Å². The number of urea groups is 1. The molecule has 0 aromatic heterocycles. The molecule has 4 nitrogen and oxygen atoms in total. The van der Waals surface area contributed by atoms with E-state index < -0.39 is 29.3 Å². The summed E-state index contributed by atoms with van der Waals surface area (Å²) >= 11 is 5.56. The molecule has 2 aromatic carbocycles. The minimum atomic E-state index is -4.66. The SMILES string of the molecule is O=C(NCCOc1cccc(F)c1)Nc1ccc(Cl)cc1C(F)(F)F. The van der Waals surface area contributed by atoms with Crippen LogP contribution in [-0.2, 0) is 6.18 Å². The van der Waals surface area contributed by atoms with Crippen molar-refractivity contribution in [3.63, 3.8) is 0 Å². The van der Waals surface area contributed by atoms with Crippen molar-refractivity contribution in [1.29, 1.82) is 0 Å². The minimum absolute atomic E-state index is 0.0112. The Labute approximate surface area is 145 Å². The van der Waals surface area contributed by atoms with Gasteiger partial charge >= 0.3 is 12.2 Å². The number of hydrogen-bond donors (Lipinski definition) is 2. The van der Waals surface area contributed by atoms with Gasteiger partial charge in [-0.3, -0.25) is 0 Å². The predicted octanol–water partition coefficient (Wildman–Crippen LogP) is 4.70. The van der Waals surface area contributed by atoms with Gasteiger partial charge < -0.3 is 15.4 Å². The second-order valence-corrected chi connectivity index (χ2v) is 5.31. The van der Waals surface area contributed by atoms with Crippen LogP contribution in [0, 0.1) is 5.82 Å². The normalized spacial score (nSPS) is 11.1. The fraction of sp³-hybridized carbons (Fsp3) is 0.188. The molecule has 0 saturated heterocycles. The van der Waals surface area contributed by atoms with E-state index in [9.17, 15) is 22.4 Å². The van der Waals surface area contributed by atoms with Gasteiger partial charge in [0.1, 0.15) is 18.2 Å². The summed E-state index contributed by atoms with van der Waals surface area (Å²) in [6.45, 7) is 0.0287. The zero-order valence-electron chi connectivity index (χ0n) is 12.7. The molecular formula is C16H13ClF4N2O2. The Hall–Kier alpha value is -2.48. The molecule has 2 aromatic rings. The van der Waals surface area contributed by atoms with Crippen LogP contribution >= 0.6 is 11.6 Å². The average Bonchev–Trinajstić information content (AvgIpc) is 2.52. The fourth-order valence-electron chi connectivity index (χ4n) is 1.92. The van der Waals surface area contributed by atoms with Crippen molar-refractivity contribution in [2.24, 2.45) is 0 Å². The van der Waals surface area contributed by atoms with Gasteiger partial charge in [-0.1, -0.05) is 17.7 Å². The van der Waals surface area contributed by atoms with E-state index >= 15 is 0 Å². The van der Waals surface area contributed by atoms with E-state index in [1.165, 1.54) is 30.3 Å². The van der Waals surface area contributed by atoms with Crippen molar-refractivity contribution in [3.05, 3.63) is 58.9 Å². The number of anilines is 1. The number of amides is 2. The topological polar surface area (TPSA) is 50.4 Å². The highest BCUT2D eigenvalue weighted by atomic mass is 35.5. The predicted molar refractivity (Wildman–Crippen MR) is 85.4 cm³/mol. The highest BCUT2D eigenvalue weighted by molar-refractivity contribution is 6.30. The number of carbonyl (C=O) groups excluding carboxylic acids is 1. The average molecular weight is 377 g/mol. The lowest BCUT2D eigenvalue weighted by Gasteiger charge is -2.14. The van der Waals surface area contributed by atoms with Gasteiger partial charge in [0, 0.05) is 11.1 Å². The molecule has 0 saturated carbocycles. The maximum atomic E-state index is 12.9. The molecule has 0 spiro atoms. The highest BCUT2D eigenvalue weighted by Crippen LogP contribution is 2.36. The summed E-state index contributed by atoms with van der Waals surface area (Å²) in [6, 6.07) is 7.61. The lowest BCUT2D eigenvalue weighted by molar-refractivity contribution is -0.136. The molecule has 2 N–H and O–H groups in total. The molecule has 0 heterocycles. The van der Waals surface area contributed by atoms with Gasteiger partial charge in [0.2, 0.25) is 0 Å². The quantitative estimate of drug-likeness (QED) is 0.587. The number of hydrogen-bond acceptors (Lipinski definition) is 2. The summed E-state index contributed by atoms with van der Waals surface area (Å²) in [4.78, 5) is 11.7. The van der Waals surface area contributed by atoms with Crippen LogP contribution in [0.5, 0.6) is 5.75 Å². The molecule has 9 heteroatoms. The van der Waals surface area contributed by atoms with Crippen LogP contribution in [0.2, 0.25) is 5.02 Å². The van der Waals surface area contributed by atoms with E-state index in [0.717, 1.165) is 12.1 Å². The highest BCUT2D eigenvalue weighted by Gasteiger charge is 2.34. The Balaban J connectivity index is 1.86. The third-order valence-electron chi connectivity index (χ3n) is 2.99. The summed E-state index contributed by atoms with van der Waals surface area (Å²) in [6.07, 6.45) is -4.66. The lowest BCUT2D eigenvalue weighted by Crippen LogP contribution is -2.32. The molecule has 0 unspecified atom stereocenters. The summed E-state index contributed by atoms with van der Waals surface area (Å²) in [5, 5.41) is 4.35. The van der Waals surface area contributed by atoms with E-state index in [2.05, 4.69) is 10.6 Å². The number of ether oxygens (including phenoxy) is 1. The molecule has 0 aliphatic heterocycles. The number of rotatable bonds is 5. The number of halogens is 5. The van der Waals surface area contributed by atoms with E-state index in [0.29, 0.717) is 0 Å². The smallest absolute Gasteiger partial charge is 0.418 e. The first-order valence-electron chi connectivity index (χ1n) is 7.05. The van der Waals surface area contributed by atoms with Crippen LogP contribution in [0.25, 0.3) is 0 Å². The molecular weight excluding hydrogens is 364 g/mol. The molecule has 0 bridgehead atoms. The first kappa shape index (κ1) is 18.9. The Morgan fingerprint density at radius 1 is 1.16 bits per heavy atom. The standard InChI is InChI=1S/C16H13ClF4N2O2/c17-10-4-5-14(13(8-10)16(19,20)21)23-15(24)22-6-7-25-12-3-1-2-11(18)9-12/h1-5,8-9H,6-7H2,(H2,22,23,24). The van der Waals surface area contributed by atoms with Crippen molar-refractivity contribution in [3.8, 4) is 5.75 Å². The minimum Gasteiger partial charge on any atom is -0.492 e. The Morgan fingerprint density at radius 2 is 1.92 bits per heavy atom. The largest absolute Gasteiger partial charge is 0.492 e. The molecule has 134 valence electrons. The van der Waals surface area contributed by atoms with E-state index in [1.807, 2.05) is 0 Å². The number of benzene rings is 2. The maximum Gasteiger partial charge on any atom is 0.418 e. The van der Waals surface area contributed by atoms with Crippen molar-refractivity contribution in [1.82, 2.24) is 5.32 Å². The van der Waals surface area contributed by atoms with Crippen molar-refractivity contribution in [2.45, 2.75) is 6.18 Å². The van der Waals surface area contributed by atoms with E-state index in [1.54, 1.807) is 0 Å². The summed E-state index contributed by atoms with van der Waals surface area (Å²) < 4.78 is 56.9. The van der Waals surface area contributed by atoms with E-state index in [-0.39, 0.29) is 23.9 Å². The van der Waals surface area contributed by atoms with Gasteiger partial charge in [-0.15, -0.1) is 0 Å². The number of nitrogens with one attached hydrogen (secondary N) is 2. The van der Waals surface area contributed by atoms with Gasteiger partial charge in [-0.25, -0.2) is 9.18 Å². The van der Waals surface area contributed by atoms with Crippen molar-refractivity contribution >= 4 is 23.3 Å². The third-order valence-corrected chi connectivity index (χ3v) is 3.22. The van der Waals surface area contributed by atoms with Crippen LogP contribution in [0.4, 0.5) is 28.0 Å². The van der Waals surface area contributed by atoms with Crippen LogP contribution < -0.4 is 15.4 Å². The summed E-state index contributed by atoms with van der Waals surface area (Å²) in [7, 11) is 0. The van der Waals surface area contributed by atoms with Gasteiger partial charge in [-0.2, -0.15) is 13.2 Å². The second kappa shape index (κ2) is 8.06. The summed E-state index contributed by atoms with van der Waals surface area (Å²) in [5.41, 5.74) is -1.47. The van der Waals surface area contributed by atoms with Crippen LogP contribution in [0.1, 0.15) is 5.56 Å². The Bertz CT molecular complexity index is 753. The van der Waals surface area contributed by atoms with Crippen LogP contribution in [0.3, 0.4) is 0 Å². The lowest BCUT2D eigenvalue weighted by atomic mass is 10.1. The van der Waals surface area contributed by atoms with Crippen molar-refractivity contribution in [2.75, 3.05) is 18.5 Å². The molecule has 0 atom stereocenters. The first-order chi connectivity index (χ1) is 11.8. The maximum absolute atomic E-state index is 12.9. The van der Waals surface area contributed by atoms with Crippen LogP contribution in [-0.4, -0.2) is 19.2 Å². The van der Waals surface area contributed by atoms with Gasteiger partial charge in [0.05, 0.1) is 17.8 Å². The Morgan fingerprint density at radius 3 is 2.60 bits per heavy atom. The number of alkyl halides is 3. The molecule has 0 radical (unpaired) electrons. The van der Waals surface area contributed by atoms with E-state index in [4.69, 9.17) is 16.3 Å². The molecule has 0 aliphatic carbocycles. The molecule has 2 amide bonds. The number of carbonyl (C=O) groups is 1. The zero-order valence-corrected chi connectivity index (χ0v) is 13.4. The molecule has 25 heavy (non-hydrogen) atoms. The molecule has 0 fully saturated rings. The molecule has 2 rings (SSSR count). The fourth-order valence-corrected chi connectivity index (χ4v) is 2.09. The van der Waals surface area contributed by atoms with Gasteiger partial charge in [-0.05, 0) is 30.3 Å². The van der Waals surface area contributed by atoms with Crippen LogP contribution in [0.15, 0.2) is 42.5 Å². The monoisotopic (exact) mass is 376 g/mol. The second-order valence-electron chi connectivity index (χ2n) is 4.87. The van der Waals surface area contributed by atoms with Gasteiger partial charge in [0.15, 0.2) is 0 Å². The zero-order chi connectivity index (χ0) is 18.4. The van der Waals surface area contributed by atoms with Gasteiger partial charge in [0.25, 0.3) is 0 Å². The third kappa shape index (κ3) is 5.82.